The molecule has 0 atom stereocenters. The summed E-state index contributed by atoms with van der Waals surface area (Å²) in [5.74, 6) is -1.69. The van der Waals surface area contributed by atoms with Crippen molar-refractivity contribution >= 4 is 17.8 Å². The van der Waals surface area contributed by atoms with Crippen LogP contribution < -0.4 is 0 Å². The summed E-state index contributed by atoms with van der Waals surface area (Å²) in [6.07, 6.45) is 0.0847. The second-order valence-corrected chi connectivity index (χ2v) is 2.44. The highest BCUT2D eigenvalue weighted by atomic mass is 16.4. The number of carbonyl (C=O) groups is 3. The number of hydrogen-bond acceptors (Lipinski definition) is 3. The van der Waals surface area contributed by atoms with Crippen molar-refractivity contribution in [3.8, 4) is 0 Å². The lowest BCUT2D eigenvalue weighted by molar-refractivity contribution is -0.138. The van der Waals surface area contributed by atoms with E-state index in [1.807, 2.05) is 0 Å². The number of aliphatic carboxylic acids is 1. The fourth-order valence-corrected chi connectivity index (χ4v) is 0.967. The normalized spacial score (nSPS) is 17.2. The van der Waals surface area contributed by atoms with Crippen molar-refractivity contribution in [2.75, 3.05) is 0 Å². The van der Waals surface area contributed by atoms with Crippen molar-refractivity contribution in [3.05, 3.63) is 6.54 Å². The summed E-state index contributed by atoms with van der Waals surface area (Å²) in [6, 6.07) is 0. The molecule has 0 unspecified atom stereocenters. The van der Waals surface area contributed by atoms with Gasteiger partial charge in [0.15, 0.2) is 0 Å². The summed E-state index contributed by atoms with van der Waals surface area (Å²) >= 11 is 0. The molecule has 0 aliphatic carbocycles. The number of amides is 2. The predicted octanol–water partition coefficient (Wildman–Crippen LogP) is -0.228. The molecule has 1 aliphatic rings. The van der Waals surface area contributed by atoms with E-state index >= 15 is 0 Å². The van der Waals surface area contributed by atoms with E-state index in [2.05, 4.69) is 0 Å². The Morgan fingerprint density at radius 3 is 2.33 bits per heavy atom. The van der Waals surface area contributed by atoms with E-state index in [4.69, 9.17) is 5.11 Å². The van der Waals surface area contributed by atoms with Crippen molar-refractivity contribution in [2.45, 2.75) is 19.3 Å². The van der Waals surface area contributed by atoms with Crippen LogP contribution >= 0.6 is 0 Å². The zero-order chi connectivity index (χ0) is 9.14. The number of carbonyl (C=O) groups excluding carboxylic acids is 2. The molecule has 1 N–H and O–H groups in total. The van der Waals surface area contributed by atoms with Gasteiger partial charge in [-0.25, -0.2) is 0 Å². The van der Waals surface area contributed by atoms with Crippen LogP contribution in [0.4, 0.5) is 0 Å². The third kappa shape index (κ3) is 1.81. The molecule has 1 heterocycles. The molecule has 0 aromatic rings. The van der Waals surface area contributed by atoms with Crippen molar-refractivity contribution in [1.29, 1.82) is 0 Å². The van der Waals surface area contributed by atoms with E-state index in [0.717, 1.165) is 11.4 Å². The molecule has 2 amide bonds. The molecule has 65 valence electrons. The summed E-state index contributed by atoms with van der Waals surface area (Å²) in [6.45, 7) is 1.11. The van der Waals surface area contributed by atoms with Gasteiger partial charge in [-0.2, -0.15) is 0 Å². The topological polar surface area (TPSA) is 74.7 Å². The third-order valence-electron chi connectivity index (χ3n) is 1.54. The first-order valence-corrected chi connectivity index (χ1v) is 3.51. The molecule has 0 saturated carbocycles. The summed E-state index contributed by atoms with van der Waals surface area (Å²) in [5.41, 5.74) is 0. The molecule has 1 fully saturated rings. The molecule has 1 radical (unpaired) electrons. The summed E-state index contributed by atoms with van der Waals surface area (Å²) in [4.78, 5) is 32.7. The maximum atomic E-state index is 10.9. The quantitative estimate of drug-likeness (QED) is 0.594. The smallest absolute Gasteiger partial charge is 0.305 e. The molecule has 1 saturated heterocycles. The average Bonchev–Trinajstić information content (AvgIpc) is 2.28. The number of hydrogen-bond donors (Lipinski definition) is 1. The highest BCUT2D eigenvalue weighted by Crippen LogP contribution is 2.14. The molecule has 1 aliphatic heterocycles. The van der Waals surface area contributed by atoms with Crippen LogP contribution in [-0.2, 0) is 14.4 Å². The number of imide groups is 1. The first-order chi connectivity index (χ1) is 5.61. The SMILES string of the molecule is O=C(O)C[CH]N1C(=O)CCC1=O. The van der Waals surface area contributed by atoms with Gasteiger partial charge < -0.3 is 5.11 Å². The lowest BCUT2D eigenvalue weighted by atomic mass is 10.4. The molecule has 0 spiro atoms. The van der Waals surface area contributed by atoms with Gasteiger partial charge in [0.25, 0.3) is 0 Å². The molecule has 5 heteroatoms. The Bertz CT molecular complexity index is 220. The largest absolute Gasteiger partial charge is 0.481 e. The summed E-state index contributed by atoms with van der Waals surface area (Å²) in [5, 5.41) is 8.27. The highest BCUT2D eigenvalue weighted by molar-refractivity contribution is 6.02. The number of carboxylic acid groups (broad SMARTS) is 1. The van der Waals surface area contributed by atoms with Crippen LogP contribution in [-0.4, -0.2) is 27.8 Å². The van der Waals surface area contributed by atoms with Crippen LogP contribution in [0.2, 0.25) is 0 Å². The molecule has 5 nitrogen and oxygen atoms in total. The van der Waals surface area contributed by atoms with Crippen LogP contribution in [0.25, 0.3) is 0 Å². The van der Waals surface area contributed by atoms with E-state index in [1.165, 1.54) is 0 Å². The Kier molecular flexibility index (Phi) is 2.42. The van der Waals surface area contributed by atoms with Gasteiger partial charge in [-0.3, -0.25) is 19.3 Å². The van der Waals surface area contributed by atoms with Gasteiger partial charge in [-0.05, 0) is 0 Å². The minimum absolute atomic E-state index is 0.189. The van der Waals surface area contributed by atoms with Crippen LogP contribution in [0.3, 0.4) is 0 Å². The Balaban J connectivity index is 2.45. The van der Waals surface area contributed by atoms with Gasteiger partial charge in [-0.15, -0.1) is 0 Å². The monoisotopic (exact) mass is 170 g/mol. The minimum atomic E-state index is -1.05. The predicted molar refractivity (Wildman–Crippen MR) is 37.6 cm³/mol. The Labute approximate surface area is 69.0 Å². The minimum Gasteiger partial charge on any atom is -0.481 e. The van der Waals surface area contributed by atoms with Gasteiger partial charge in [0.05, 0.1) is 13.0 Å². The van der Waals surface area contributed by atoms with Gasteiger partial charge in [0.1, 0.15) is 0 Å². The second-order valence-electron chi connectivity index (χ2n) is 2.44. The van der Waals surface area contributed by atoms with E-state index in [0.29, 0.717) is 0 Å². The fourth-order valence-electron chi connectivity index (χ4n) is 0.967. The number of nitrogens with zero attached hydrogens (tertiary/aromatic N) is 1. The Morgan fingerprint density at radius 1 is 1.42 bits per heavy atom. The van der Waals surface area contributed by atoms with Gasteiger partial charge >= 0.3 is 5.97 Å². The summed E-state index contributed by atoms with van der Waals surface area (Å²) in [7, 11) is 0. The second kappa shape index (κ2) is 3.34. The zero-order valence-corrected chi connectivity index (χ0v) is 6.32. The van der Waals surface area contributed by atoms with Crippen LogP contribution in [0.5, 0.6) is 0 Å². The molecule has 0 bridgehead atoms. The van der Waals surface area contributed by atoms with Gasteiger partial charge in [-0.1, -0.05) is 0 Å². The molecule has 1 rings (SSSR count). The van der Waals surface area contributed by atoms with Crippen LogP contribution in [0, 0.1) is 6.54 Å². The first kappa shape index (κ1) is 8.70. The standard InChI is InChI=1S/C7H8NO4/c9-5-1-2-6(10)8(5)4-3-7(11)12/h4H,1-3H2,(H,11,12). The lowest BCUT2D eigenvalue weighted by Gasteiger charge is -2.10. The maximum Gasteiger partial charge on any atom is 0.305 e. The van der Waals surface area contributed by atoms with E-state index in [1.54, 1.807) is 0 Å². The number of likely N-dealkylation sites (tertiary alicyclic amines) is 1. The third-order valence-corrected chi connectivity index (χ3v) is 1.54. The van der Waals surface area contributed by atoms with Crippen molar-refractivity contribution in [2.24, 2.45) is 0 Å². The number of rotatable bonds is 3. The van der Waals surface area contributed by atoms with Crippen LogP contribution in [0.15, 0.2) is 0 Å². The molecular formula is C7H8NO4. The first-order valence-electron chi connectivity index (χ1n) is 3.51. The maximum absolute atomic E-state index is 10.9. The van der Waals surface area contributed by atoms with Gasteiger partial charge in [0, 0.05) is 12.8 Å². The number of carboxylic acids is 1. The molecule has 0 aromatic heterocycles. The van der Waals surface area contributed by atoms with E-state index < -0.39 is 5.97 Å². The summed E-state index contributed by atoms with van der Waals surface area (Å²) < 4.78 is 0. The average molecular weight is 170 g/mol. The van der Waals surface area contributed by atoms with E-state index in [9.17, 15) is 14.4 Å². The Morgan fingerprint density at radius 2 is 1.92 bits per heavy atom. The zero-order valence-electron chi connectivity index (χ0n) is 6.32. The molecular weight excluding hydrogens is 162 g/mol. The lowest BCUT2D eigenvalue weighted by Crippen LogP contribution is -2.27. The molecule has 0 aromatic carbocycles. The van der Waals surface area contributed by atoms with Crippen LogP contribution in [0.1, 0.15) is 19.3 Å². The van der Waals surface area contributed by atoms with Crippen molar-refractivity contribution in [1.82, 2.24) is 4.90 Å². The van der Waals surface area contributed by atoms with Crippen molar-refractivity contribution < 1.29 is 19.5 Å². The van der Waals surface area contributed by atoms with E-state index in [-0.39, 0.29) is 31.1 Å². The van der Waals surface area contributed by atoms with Crippen molar-refractivity contribution in [3.63, 3.8) is 0 Å². The fraction of sp³-hybridized carbons (Fsp3) is 0.429. The van der Waals surface area contributed by atoms with Gasteiger partial charge in [0.2, 0.25) is 11.8 Å². The molecule has 12 heavy (non-hydrogen) atoms. The Hall–Kier alpha value is -1.39. The highest BCUT2D eigenvalue weighted by Gasteiger charge is 2.28.